The van der Waals surface area contributed by atoms with E-state index in [2.05, 4.69) is 12.2 Å². The van der Waals surface area contributed by atoms with E-state index in [1.54, 1.807) is 0 Å². The van der Waals surface area contributed by atoms with Crippen LogP contribution in [0.15, 0.2) is 12.2 Å². The fraction of sp³-hybridized carbons (Fsp3) is 0.824. The van der Waals surface area contributed by atoms with Crippen molar-refractivity contribution in [3.63, 3.8) is 0 Å². The summed E-state index contributed by atoms with van der Waals surface area (Å²) in [5.74, 6) is 0.0611. The summed E-state index contributed by atoms with van der Waals surface area (Å²) in [7, 11) is 0. The summed E-state index contributed by atoms with van der Waals surface area (Å²) in [5, 5.41) is 9.77. The average Bonchev–Trinajstić information content (AvgIpc) is 2.41. The highest BCUT2D eigenvalue weighted by Crippen LogP contribution is 2.13. The molecule has 1 N–H and O–H groups in total. The highest BCUT2D eigenvalue weighted by atomic mass is 16.3. The maximum atomic E-state index is 11.7. The van der Waals surface area contributed by atoms with Crippen LogP contribution < -0.4 is 0 Å². The monoisotopic (exact) mass is 266 g/mol. The quantitative estimate of drug-likeness (QED) is 0.653. The molecule has 1 rings (SSSR count). The lowest BCUT2D eigenvalue weighted by atomic mass is 10.0. The molecule has 0 amide bonds. The van der Waals surface area contributed by atoms with Crippen molar-refractivity contribution in [3.8, 4) is 0 Å². The van der Waals surface area contributed by atoms with Crippen molar-refractivity contribution in [2.24, 2.45) is 0 Å². The van der Waals surface area contributed by atoms with Gasteiger partial charge in [-0.3, -0.25) is 4.79 Å². The zero-order chi connectivity index (χ0) is 13.8. The number of allylic oxidation sites excluding steroid dienone is 2. The second-order valence-corrected chi connectivity index (χ2v) is 5.75. The van der Waals surface area contributed by atoms with Crippen LogP contribution in [0.25, 0.3) is 0 Å². The number of rotatable bonds is 0. The molecule has 0 radical (unpaired) electrons. The van der Waals surface area contributed by atoms with Crippen LogP contribution in [0.1, 0.15) is 83.5 Å². The second-order valence-electron chi connectivity index (χ2n) is 5.75. The van der Waals surface area contributed by atoms with Gasteiger partial charge in [-0.05, 0) is 38.5 Å². The van der Waals surface area contributed by atoms with Crippen molar-refractivity contribution < 1.29 is 9.90 Å². The number of hydrogen-bond acceptors (Lipinski definition) is 2. The van der Waals surface area contributed by atoms with E-state index in [1.807, 2.05) is 0 Å². The van der Waals surface area contributed by atoms with E-state index in [4.69, 9.17) is 0 Å². The number of carbonyl (C=O) groups excluding carboxylic acids is 1. The zero-order valence-corrected chi connectivity index (χ0v) is 12.3. The number of aliphatic hydroxyl groups is 1. The van der Waals surface area contributed by atoms with Crippen molar-refractivity contribution in [1.29, 1.82) is 0 Å². The summed E-state index contributed by atoms with van der Waals surface area (Å²) in [6, 6.07) is 0. The molecule has 0 aromatic carbocycles. The third-order valence-corrected chi connectivity index (χ3v) is 3.93. The first-order valence-corrected chi connectivity index (χ1v) is 8.16. The molecule has 0 aromatic rings. The number of ketones is 1. The van der Waals surface area contributed by atoms with Gasteiger partial charge in [0.25, 0.3) is 0 Å². The Morgan fingerprint density at radius 2 is 1.32 bits per heavy atom. The Labute approximate surface area is 118 Å². The lowest BCUT2D eigenvalue weighted by Gasteiger charge is -2.09. The van der Waals surface area contributed by atoms with Crippen molar-refractivity contribution in [2.75, 3.05) is 0 Å². The number of aliphatic hydroxyl groups excluding tert-OH is 1. The van der Waals surface area contributed by atoms with Gasteiger partial charge in [0.2, 0.25) is 0 Å². The van der Waals surface area contributed by atoms with E-state index in [-0.39, 0.29) is 5.78 Å². The molecule has 0 fully saturated rings. The molecule has 0 heterocycles. The largest absolute Gasteiger partial charge is 0.385 e. The van der Waals surface area contributed by atoms with Crippen molar-refractivity contribution >= 4 is 5.78 Å². The summed E-state index contributed by atoms with van der Waals surface area (Å²) in [6.07, 6.45) is 18.0. The molecule has 1 atom stereocenters. The van der Waals surface area contributed by atoms with Gasteiger partial charge < -0.3 is 5.11 Å². The minimum absolute atomic E-state index is 0.0611. The average molecular weight is 266 g/mol. The van der Waals surface area contributed by atoms with Crippen LogP contribution in [0.3, 0.4) is 0 Å². The predicted octanol–water partition coefficient (Wildman–Crippen LogP) is 4.56. The van der Waals surface area contributed by atoms with E-state index in [0.717, 1.165) is 25.7 Å². The van der Waals surface area contributed by atoms with Crippen LogP contribution >= 0.6 is 0 Å². The van der Waals surface area contributed by atoms with Crippen LogP contribution in [0.4, 0.5) is 0 Å². The summed E-state index contributed by atoms with van der Waals surface area (Å²) >= 11 is 0. The standard InChI is InChI=1S/C17H30O2/c18-16-14-12-10-8-6-4-2-1-3-5-7-9-11-13-15-17(16)19/h1-2,16,18H,3-15H2. The molecule has 0 spiro atoms. The summed E-state index contributed by atoms with van der Waals surface area (Å²) < 4.78 is 0. The van der Waals surface area contributed by atoms with E-state index in [1.165, 1.54) is 44.9 Å². The fourth-order valence-electron chi connectivity index (χ4n) is 2.61. The van der Waals surface area contributed by atoms with E-state index >= 15 is 0 Å². The van der Waals surface area contributed by atoms with Crippen molar-refractivity contribution in [3.05, 3.63) is 12.2 Å². The second kappa shape index (κ2) is 11.2. The van der Waals surface area contributed by atoms with E-state index in [0.29, 0.717) is 12.8 Å². The molecule has 19 heavy (non-hydrogen) atoms. The molecule has 1 unspecified atom stereocenters. The molecule has 110 valence electrons. The minimum atomic E-state index is -0.699. The molecule has 0 saturated carbocycles. The highest BCUT2D eigenvalue weighted by molar-refractivity contribution is 5.82. The van der Waals surface area contributed by atoms with E-state index < -0.39 is 6.10 Å². The molecule has 0 bridgehead atoms. The lowest BCUT2D eigenvalue weighted by Crippen LogP contribution is -2.19. The van der Waals surface area contributed by atoms with Crippen LogP contribution in [0, 0.1) is 0 Å². The Hall–Kier alpha value is -0.630. The molecule has 1 aliphatic carbocycles. The zero-order valence-electron chi connectivity index (χ0n) is 12.3. The lowest BCUT2D eigenvalue weighted by molar-refractivity contribution is -0.127. The molecule has 0 aliphatic heterocycles. The van der Waals surface area contributed by atoms with Gasteiger partial charge in [-0.1, -0.05) is 50.7 Å². The van der Waals surface area contributed by atoms with Crippen LogP contribution in [-0.2, 0) is 4.79 Å². The Balaban J connectivity index is 2.26. The Kier molecular flexibility index (Phi) is 9.70. The van der Waals surface area contributed by atoms with Crippen molar-refractivity contribution in [2.45, 2.75) is 89.6 Å². The Morgan fingerprint density at radius 3 is 2.00 bits per heavy atom. The molecule has 0 aromatic heterocycles. The first-order chi connectivity index (χ1) is 9.30. The maximum Gasteiger partial charge on any atom is 0.161 e. The number of hydrogen-bond donors (Lipinski definition) is 1. The number of carbonyl (C=O) groups is 1. The summed E-state index contributed by atoms with van der Waals surface area (Å²) in [5.41, 5.74) is 0. The SMILES string of the molecule is O=C1CCCCCCCC=CCCCCCCC1O. The van der Waals surface area contributed by atoms with Gasteiger partial charge in [-0.2, -0.15) is 0 Å². The van der Waals surface area contributed by atoms with Crippen LogP contribution in [-0.4, -0.2) is 17.0 Å². The minimum Gasteiger partial charge on any atom is -0.385 e. The highest BCUT2D eigenvalue weighted by Gasteiger charge is 2.13. The van der Waals surface area contributed by atoms with Gasteiger partial charge in [-0.15, -0.1) is 0 Å². The molecule has 0 saturated heterocycles. The Bertz CT molecular complexity index is 258. The maximum absolute atomic E-state index is 11.7. The van der Waals surface area contributed by atoms with Crippen LogP contribution in [0.5, 0.6) is 0 Å². The molecular formula is C17H30O2. The number of Topliss-reactive ketones (excluding diaryl/α,β-unsaturated/α-hetero) is 1. The predicted molar refractivity (Wildman–Crippen MR) is 80.2 cm³/mol. The molecular weight excluding hydrogens is 236 g/mol. The third-order valence-electron chi connectivity index (χ3n) is 3.93. The molecule has 2 heteroatoms. The normalized spacial score (nSPS) is 25.9. The smallest absolute Gasteiger partial charge is 0.161 e. The van der Waals surface area contributed by atoms with Crippen molar-refractivity contribution in [1.82, 2.24) is 0 Å². The summed E-state index contributed by atoms with van der Waals surface area (Å²) in [6.45, 7) is 0. The Morgan fingerprint density at radius 1 is 0.789 bits per heavy atom. The fourth-order valence-corrected chi connectivity index (χ4v) is 2.61. The van der Waals surface area contributed by atoms with E-state index in [9.17, 15) is 9.90 Å². The third kappa shape index (κ3) is 8.99. The first kappa shape index (κ1) is 16.4. The molecule has 1 aliphatic rings. The van der Waals surface area contributed by atoms with Gasteiger partial charge in [0.1, 0.15) is 6.10 Å². The van der Waals surface area contributed by atoms with Crippen LogP contribution in [0.2, 0.25) is 0 Å². The van der Waals surface area contributed by atoms with Gasteiger partial charge in [0.15, 0.2) is 5.78 Å². The van der Waals surface area contributed by atoms with Gasteiger partial charge in [-0.25, -0.2) is 0 Å². The molecule has 2 nitrogen and oxygen atoms in total. The topological polar surface area (TPSA) is 37.3 Å². The van der Waals surface area contributed by atoms with Gasteiger partial charge in [0, 0.05) is 6.42 Å². The summed E-state index contributed by atoms with van der Waals surface area (Å²) in [4.78, 5) is 11.7. The van der Waals surface area contributed by atoms with Gasteiger partial charge in [0.05, 0.1) is 0 Å². The first-order valence-electron chi connectivity index (χ1n) is 8.16. The van der Waals surface area contributed by atoms with Gasteiger partial charge >= 0.3 is 0 Å².